The number of carbonyl (C=O) groups is 1. The summed E-state index contributed by atoms with van der Waals surface area (Å²) in [6.07, 6.45) is 4.67. The van der Waals surface area contributed by atoms with E-state index in [0.29, 0.717) is 11.1 Å². The number of nitrogen functional groups attached to an aromatic ring is 1. The fourth-order valence-corrected chi connectivity index (χ4v) is 4.36. The van der Waals surface area contributed by atoms with Crippen molar-refractivity contribution >= 4 is 23.2 Å². The minimum Gasteiger partial charge on any atom is -0.436 e. The molecule has 0 radical (unpaired) electrons. The molecule has 184 valence electrons. The van der Waals surface area contributed by atoms with E-state index < -0.39 is 28.8 Å². The Morgan fingerprint density at radius 1 is 1.00 bits per heavy atom. The molecule has 0 fully saturated rings. The molecule has 1 amide bonds. The maximum Gasteiger partial charge on any atom is 0.264 e. The average molecular weight is 503 g/mol. The molecule has 0 aliphatic carbocycles. The van der Waals surface area contributed by atoms with Crippen LogP contribution < -0.4 is 15.8 Å². The Labute approximate surface area is 206 Å². The first-order valence-corrected chi connectivity index (χ1v) is 11.0. The molecule has 3 N–H and O–H groups in total. The third-order valence-electron chi connectivity index (χ3n) is 6.17. The van der Waals surface area contributed by atoms with Crippen molar-refractivity contribution in [2.75, 3.05) is 11.1 Å². The summed E-state index contributed by atoms with van der Waals surface area (Å²) in [4.78, 5) is 30.5. The molecule has 1 atom stereocenters. The zero-order valence-corrected chi connectivity index (χ0v) is 19.0. The fourth-order valence-electron chi connectivity index (χ4n) is 4.36. The zero-order valence-electron chi connectivity index (χ0n) is 19.0. The van der Waals surface area contributed by atoms with Crippen LogP contribution in [0.1, 0.15) is 18.1 Å². The minimum atomic E-state index is -1.25. The minimum absolute atomic E-state index is 0.0207. The van der Waals surface area contributed by atoms with Crippen LogP contribution in [0.15, 0.2) is 61.1 Å². The van der Waals surface area contributed by atoms with Crippen molar-refractivity contribution in [1.82, 2.24) is 24.3 Å². The van der Waals surface area contributed by atoms with Gasteiger partial charge in [-0.25, -0.2) is 33.1 Å². The molecule has 1 unspecified atom stereocenters. The maximum atomic E-state index is 13.7. The highest BCUT2D eigenvalue weighted by atomic mass is 19.1. The molecule has 12 heteroatoms. The molecule has 0 spiro atoms. The second-order valence-electron chi connectivity index (χ2n) is 8.54. The van der Waals surface area contributed by atoms with Gasteiger partial charge in [-0.1, -0.05) is 12.1 Å². The molecule has 0 saturated carbocycles. The topological polar surface area (TPSA) is 120 Å². The number of benzene rings is 2. The number of anilines is 2. The first-order valence-electron chi connectivity index (χ1n) is 11.0. The van der Waals surface area contributed by atoms with Crippen LogP contribution in [0.25, 0.3) is 17.2 Å². The number of nitrogens with zero attached hydrogens (tertiary/aromatic N) is 5. The Bertz CT molecular complexity index is 1700. The zero-order chi connectivity index (χ0) is 25.9. The van der Waals surface area contributed by atoms with Crippen molar-refractivity contribution in [3.63, 3.8) is 0 Å². The van der Waals surface area contributed by atoms with Gasteiger partial charge < -0.3 is 20.2 Å². The quantitative estimate of drug-likeness (QED) is 0.376. The van der Waals surface area contributed by atoms with Crippen LogP contribution >= 0.6 is 0 Å². The van der Waals surface area contributed by atoms with Crippen LogP contribution in [0.4, 0.5) is 24.8 Å². The van der Waals surface area contributed by atoms with Crippen molar-refractivity contribution in [3.8, 4) is 23.1 Å². The lowest BCUT2D eigenvalue weighted by Crippen LogP contribution is -2.33. The van der Waals surface area contributed by atoms with E-state index in [1.807, 2.05) is 0 Å². The lowest BCUT2D eigenvalue weighted by molar-refractivity contribution is -0.119. The molecule has 5 aromatic rings. The summed E-state index contributed by atoms with van der Waals surface area (Å²) in [6, 6.07) is 8.26. The summed E-state index contributed by atoms with van der Waals surface area (Å²) < 4.78 is 48.1. The number of nitrogens with two attached hydrogens (primary N) is 1. The van der Waals surface area contributed by atoms with Crippen molar-refractivity contribution in [2.45, 2.75) is 12.3 Å². The molecule has 9 nitrogen and oxygen atoms in total. The van der Waals surface area contributed by atoms with Crippen LogP contribution in [0.5, 0.6) is 11.6 Å². The normalized spacial score (nSPS) is 16.6. The van der Waals surface area contributed by atoms with Gasteiger partial charge >= 0.3 is 0 Å². The predicted molar refractivity (Wildman–Crippen MR) is 126 cm³/mol. The van der Waals surface area contributed by atoms with Crippen LogP contribution in [0, 0.1) is 17.5 Å². The van der Waals surface area contributed by atoms with E-state index >= 15 is 0 Å². The summed E-state index contributed by atoms with van der Waals surface area (Å²) in [6.45, 7) is 1.65. The van der Waals surface area contributed by atoms with E-state index in [4.69, 9.17) is 10.5 Å². The van der Waals surface area contributed by atoms with E-state index in [9.17, 15) is 18.0 Å². The van der Waals surface area contributed by atoms with Gasteiger partial charge in [-0.15, -0.1) is 0 Å². The second kappa shape index (κ2) is 8.01. The molecule has 0 bridgehead atoms. The molecular formula is C25H16F3N7O2. The first kappa shape index (κ1) is 22.5. The van der Waals surface area contributed by atoms with Gasteiger partial charge in [-0.05, 0) is 24.6 Å². The third-order valence-corrected chi connectivity index (χ3v) is 6.17. The highest BCUT2D eigenvalue weighted by Gasteiger charge is 2.47. The molecular weight excluding hydrogens is 487 g/mol. The van der Waals surface area contributed by atoms with Gasteiger partial charge in [0, 0.05) is 36.8 Å². The van der Waals surface area contributed by atoms with Gasteiger partial charge in [0.1, 0.15) is 45.9 Å². The lowest BCUT2D eigenvalue weighted by Gasteiger charge is -2.23. The number of imidazole rings is 1. The number of hydrogen-bond donors (Lipinski definition) is 2. The Morgan fingerprint density at radius 3 is 2.46 bits per heavy atom. The second-order valence-corrected chi connectivity index (χ2v) is 8.54. The first-order chi connectivity index (χ1) is 17.7. The summed E-state index contributed by atoms with van der Waals surface area (Å²) in [5.41, 5.74) is 6.41. The highest BCUT2D eigenvalue weighted by molar-refractivity contribution is 6.09. The summed E-state index contributed by atoms with van der Waals surface area (Å²) in [5, 5.41) is 2.73. The van der Waals surface area contributed by atoms with E-state index in [2.05, 4.69) is 25.3 Å². The molecule has 6 rings (SSSR count). The Balaban J connectivity index is 1.46. The monoisotopic (exact) mass is 503 g/mol. The molecule has 1 aliphatic heterocycles. The Hall–Kier alpha value is -5.00. The van der Waals surface area contributed by atoms with Crippen LogP contribution in [-0.2, 0) is 10.2 Å². The Kier molecular flexibility index (Phi) is 4.87. The number of hydrogen-bond acceptors (Lipinski definition) is 7. The predicted octanol–water partition coefficient (Wildman–Crippen LogP) is 4.24. The number of ether oxygens (including phenoxy) is 1. The number of rotatable bonds is 4. The van der Waals surface area contributed by atoms with Crippen LogP contribution in [0.3, 0.4) is 0 Å². The average Bonchev–Trinajstić information content (AvgIpc) is 3.42. The summed E-state index contributed by atoms with van der Waals surface area (Å²) in [5.74, 6) is -2.40. The lowest BCUT2D eigenvalue weighted by atomic mass is 9.78. The number of nitrogens with one attached hydrogen (secondary N) is 1. The van der Waals surface area contributed by atoms with Crippen LogP contribution in [0.2, 0.25) is 0 Å². The summed E-state index contributed by atoms with van der Waals surface area (Å²) >= 11 is 0. The smallest absolute Gasteiger partial charge is 0.264 e. The van der Waals surface area contributed by atoms with Gasteiger partial charge in [0.05, 0.1) is 5.56 Å². The molecule has 1 aliphatic rings. The largest absolute Gasteiger partial charge is 0.436 e. The van der Waals surface area contributed by atoms with E-state index in [1.165, 1.54) is 30.5 Å². The molecule has 37 heavy (non-hydrogen) atoms. The maximum absolute atomic E-state index is 13.7. The van der Waals surface area contributed by atoms with E-state index in [1.54, 1.807) is 23.7 Å². The van der Waals surface area contributed by atoms with Crippen molar-refractivity contribution in [1.29, 1.82) is 0 Å². The third kappa shape index (κ3) is 3.61. The van der Waals surface area contributed by atoms with E-state index in [0.717, 1.165) is 18.2 Å². The van der Waals surface area contributed by atoms with Gasteiger partial charge in [-0.3, -0.25) is 4.79 Å². The van der Waals surface area contributed by atoms with Crippen LogP contribution in [-0.4, -0.2) is 30.2 Å². The fraction of sp³-hybridized carbons (Fsp3) is 0.0800. The number of amides is 1. The van der Waals surface area contributed by atoms with Crippen molar-refractivity contribution in [3.05, 3.63) is 89.6 Å². The van der Waals surface area contributed by atoms with Crippen molar-refractivity contribution in [2.24, 2.45) is 0 Å². The molecule has 4 heterocycles. The van der Waals surface area contributed by atoms with E-state index in [-0.39, 0.29) is 40.4 Å². The number of carbonyl (C=O) groups excluding carboxylic acids is 1. The highest BCUT2D eigenvalue weighted by Crippen LogP contribution is 2.45. The molecule has 3 aromatic heterocycles. The summed E-state index contributed by atoms with van der Waals surface area (Å²) in [7, 11) is 0. The molecule has 0 saturated heterocycles. The SMILES string of the molecule is CC1(c2ccc(F)cc2)C(=O)Nc2nc(-c3cn4ccnc4c(Oc4cc(F)cc(F)c4)n3)nc(N)c21. The number of aromatic nitrogens is 5. The number of fused-ring (bicyclic) bond motifs is 2. The van der Waals surface area contributed by atoms with Gasteiger partial charge in [0.2, 0.25) is 11.6 Å². The molecule has 2 aromatic carbocycles. The number of halogens is 3. The Morgan fingerprint density at radius 2 is 1.73 bits per heavy atom. The van der Waals surface area contributed by atoms with Crippen molar-refractivity contribution < 1.29 is 22.7 Å². The van der Waals surface area contributed by atoms with Gasteiger partial charge in [-0.2, -0.15) is 0 Å². The standard InChI is InChI=1S/C25H16F3N7O2/c1-25(12-2-4-13(26)5-3-12)18-19(29)32-20(33-21(18)34-24(25)36)17-11-35-7-6-30-22(35)23(31-17)37-16-9-14(27)8-15(28)10-16/h2-11H,1H3,(H3,29,32,33,34,36). The van der Waals surface area contributed by atoms with Gasteiger partial charge in [0.15, 0.2) is 5.82 Å². The van der Waals surface area contributed by atoms with Gasteiger partial charge in [0.25, 0.3) is 5.88 Å².